The van der Waals surface area contributed by atoms with Gasteiger partial charge in [0.05, 0.1) is 12.5 Å². The van der Waals surface area contributed by atoms with Crippen molar-refractivity contribution in [2.24, 2.45) is 11.8 Å². The Morgan fingerprint density at radius 1 is 1.15 bits per heavy atom. The van der Waals surface area contributed by atoms with Crippen LogP contribution in [0, 0.1) is 11.8 Å². The fourth-order valence-electron chi connectivity index (χ4n) is 4.00. The van der Waals surface area contributed by atoms with Crippen LogP contribution < -0.4 is 10.6 Å². The molecule has 1 aromatic heterocycles. The number of anilines is 1. The molecule has 1 unspecified atom stereocenters. The first-order valence-electron chi connectivity index (χ1n) is 10.0. The van der Waals surface area contributed by atoms with Crippen LogP contribution in [0.3, 0.4) is 0 Å². The SMILES string of the molecule is O=C(CN1CCCC(C(=O)Nc2ccc(Br)cn2)C1)NCC1CCCCC1. The third kappa shape index (κ3) is 6.57. The Morgan fingerprint density at radius 2 is 1.96 bits per heavy atom. The first kappa shape index (κ1) is 20.3. The molecule has 3 rings (SSSR count). The van der Waals surface area contributed by atoms with E-state index in [9.17, 15) is 9.59 Å². The summed E-state index contributed by atoms with van der Waals surface area (Å²) in [5, 5.41) is 5.98. The molecule has 1 aromatic rings. The summed E-state index contributed by atoms with van der Waals surface area (Å²) in [5.41, 5.74) is 0. The van der Waals surface area contributed by atoms with Gasteiger partial charge in [0.25, 0.3) is 0 Å². The maximum Gasteiger partial charge on any atom is 0.234 e. The molecule has 2 amide bonds. The summed E-state index contributed by atoms with van der Waals surface area (Å²) in [6.07, 6.45) is 9.82. The number of carbonyl (C=O) groups is 2. The van der Waals surface area contributed by atoms with Crippen molar-refractivity contribution in [1.82, 2.24) is 15.2 Å². The maximum atomic E-state index is 12.5. The number of hydrogen-bond donors (Lipinski definition) is 2. The Kier molecular flexibility index (Phi) is 7.64. The number of aromatic nitrogens is 1. The van der Waals surface area contributed by atoms with Gasteiger partial charge in [-0.25, -0.2) is 4.98 Å². The standard InChI is InChI=1S/C20H29BrN4O2/c21-17-8-9-18(22-12-17)24-20(27)16-7-4-10-25(13-16)14-19(26)23-11-15-5-2-1-3-6-15/h8-9,12,15-16H,1-7,10-11,13-14H2,(H,23,26)(H,22,24,27). The lowest BCUT2D eigenvalue weighted by molar-refractivity contribution is -0.126. The average Bonchev–Trinajstić information content (AvgIpc) is 2.69. The van der Waals surface area contributed by atoms with Crippen LogP contribution in [-0.2, 0) is 9.59 Å². The third-order valence-electron chi connectivity index (χ3n) is 5.53. The Balaban J connectivity index is 1.42. The minimum atomic E-state index is -0.102. The average molecular weight is 437 g/mol. The van der Waals surface area contributed by atoms with Gasteiger partial charge in [-0.15, -0.1) is 0 Å². The van der Waals surface area contributed by atoms with Crippen LogP contribution in [0.2, 0.25) is 0 Å². The van der Waals surface area contributed by atoms with Crippen LogP contribution in [0.1, 0.15) is 44.9 Å². The van der Waals surface area contributed by atoms with Crippen molar-refractivity contribution in [3.63, 3.8) is 0 Å². The zero-order chi connectivity index (χ0) is 19.1. The Morgan fingerprint density at radius 3 is 2.70 bits per heavy atom. The molecule has 1 atom stereocenters. The molecule has 2 fully saturated rings. The molecule has 2 N–H and O–H groups in total. The number of halogens is 1. The second kappa shape index (κ2) is 10.2. The zero-order valence-electron chi connectivity index (χ0n) is 15.8. The maximum absolute atomic E-state index is 12.5. The fourth-order valence-corrected chi connectivity index (χ4v) is 4.23. The number of pyridine rings is 1. The van der Waals surface area contributed by atoms with E-state index in [2.05, 4.69) is 36.4 Å². The number of amides is 2. The van der Waals surface area contributed by atoms with E-state index in [-0.39, 0.29) is 17.7 Å². The molecule has 0 aromatic carbocycles. The molecule has 0 radical (unpaired) electrons. The van der Waals surface area contributed by atoms with Gasteiger partial charge in [0.1, 0.15) is 5.82 Å². The lowest BCUT2D eigenvalue weighted by Crippen LogP contribution is -2.46. The van der Waals surface area contributed by atoms with Crippen molar-refractivity contribution in [2.75, 3.05) is 31.5 Å². The summed E-state index contributed by atoms with van der Waals surface area (Å²) < 4.78 is 0.878. The van der Waals surface area contributed by atoms with Gasteiger partial charge in [-0.3, -0.25) is 14.5 Å². The third-order valence-corrected chi connectivity index (χ3v) is 6.00. The highest BCUT2D eigenvalue weighted by Crippen LogP contribution is 2.23. The van der Waals surface area contributed by atoms with Crippen molar-refractivity contribution in [3.8, 4) is 0 Å². The van der Waals surface area contributed by atoms with Crippen molar-refractivity contribution in [2.45, 2.75) is 44.9 Å². The van der Waals surface area contributed by atoms with E-state index in [0.29, 0.717) is 24.8 Å². The molecule has 1 aliphatic heterocycles. The van der Waals surface area contributed by atoms with Crippen molar-refractivity contribution in [3.05, 3.63) is 22.8 Å². The number of piperidine rings is 1. The normalized spacial score (nSPS) is 21.6. The number of carbonyl (C=O) groups excluding carboxylic acids is 2. The molecule has 0 bridgehead atoms. The van der Waals surface area contributed by atoms with Gasteiger partial charge >= 0.3 is 0 Å². The molecule has 2 heterocycles. The molecule has 6 nitrogen and oxygen atoms in total. The second-order valence-corrected chi connectivity index (χ2v) is 8.65. The van der Waals surface area contributed by atoms with E-state index in [4.69, 9.17) is 0 Å². The number of hydrogen-bond acceptors (Lipinski definition) is 4. The Labute approximate surface area is 169 Å². The van der Waals surface area contributed by atoms with Crippen LogP contribution in [-0.4, -0.2) is 47.9 Å². The summed E-state index contributed by atoms with van der Waals surface area (Å²) in [4.78, 5) is 31.1. The van der Waals surface area contributed by atoms with Crippen LogP contribution in [0.5, 0.6) is 0 Å². The van der Waals surface area contributed by atoms with Crippen molar-refractivity contribution < 1.29 is 9.59 Å². The second-order valence-electron chi connectivity index (χ2n) is 7.73. The molecular weight excluding hydrogens is 408 g/mol. The monoisotopic (exact) mass is 436 g/mol. The molecule has 0 spiro atoms. The topological polar surface area (TPSA) is 74.3 Å². The van der Waals surface area contributed by atoms with Gasteiger partial charge in [0.15, 0.2) is 0 Å². The minimum absolute atomic E-state index is 0.0165. The quantitative estimate of drug-likeness (QED) is 0.717. The van der Waals surface area contributed by atoms with Crippen LogP contribution in [0.25, 0.3) is 0 Å². The Hall–Kier alpha value is -1.47. The fraction of sp³-hybridized carbons (Fsp3) is 0.650. The zero-order valence-corrected chi connectivity index (χ0v) is 17.3. The molecule has 7 heteroatoms. The summed E-state index contributed by atoms with van der Waals surface area (Å²) in [5.74, 6) is 1.16. The van der Waals surface area contributed by atoms with Gasteiger partial charge in [0, 0.05) is 23.8 Å². The Bertz CT molecular complexity index is 631. The summed E-state index contributed by atoms with van der Waals surface area (Å²) in [6, 6.07) is 3.63. The predicted octanol–water partition coefficient (Wildman–Crippen LogP) is 3.19. The highest BCUT2D eigenvalue weighted by Gasteiger charge is 2.27. The molecule has 1 aliphatic carbocycles. The van der Waals surface area contributed by atoms with Gasteiger partial charge in [-0.2, -0.15) is 0 Å². The van der Waals surface area contributed by atoms with Crippen molar-refractivity contribution in [1.29, 1.82) is 0 Å². The molecule has 1 saturated heterocycles. The van der Waals surface area contributed by atoms with E-state index < -0.39 is 0 Å². The van der Waals surface area contributed by atoms with Crippen molar-refractivity contribution >= 4 is 33.6 Å². The molecule has 1 saturated carbocycles. The summed E-state index contributed by atoms with van der Waals surface area (Å²) in [7, 11) is 0. The van der Waals surface area contributed by atoms with E-state index in [1.54, 1.807) is 12.3 Å². The van der Waals surface area contributed by atoms with E-state index in [0.717, 1.165) is 30.4 Å². The van der Waals surface area contributed by atoms with Crippen LogP contribution >= 0.6 is 15.9 Å². The number of rotatable bonds is 6. The summed E-state index contributed by atoms with van der Waals surface area (Å²) >= 11 is 3.34. The van der Waals surface area contributed by atoms with Gasteiger partial charge in [-0.1, -0.05) is 19.3 Å². The van der Waals surface area contributed by atoms with E-state index in [1.807, 2.05) is 6.07 Å². The lowest BCUT2D eigenvalue weighted by atomic mass is 9.89. The molecule has 148 valence electrons. The van der Waals surface area contributed by atoms with Gasteiger partial charge < -0.3 is 10.6 Å². The molecular formula is C20H29BrN4O2. The van der Waals surface area contributed by atoms with Gasteiger partial charge in [-0.05, 0) is 66.2 Å². The lowest BCUT2D eigenvalue weighted by Gasteiger charge is -2.31. The number of likely N-dealkylation sites (tertiary alicyclic amines) is 1. The molecule has 2 aliphatic rings. The van der Waals surface area contributed by atoms with Crippen LogP contribution in [0.4, 0.5) is 5.82 Å². The minimum Gasteiger partial charge on any atom is -0.355 e. The highest BCUT2D eigenvalue weighted by atomic mass is 79.9. The number of nitrogens with zero attached hydrogens (tertiary/aromatic N) is 2. The van der Waals surface area contributed by atoms with E-state index >= 15 is 0 Å². The first-order chi connectivity index (χ1) is 13.1. The van der Waals surface area contributed by atoms with E-state index in [1.165, 1.54) is 32.1 Å². The molecule has 27 heavy (non-hydrogen) atoms. The first-order valence-corrected chi connectivity index (χ1v) is 10.8. The van der Waals surface area contributed by atoms with Crippen LogP contribution in [0.15, 0.2) is 22.8 Å². The smallest absolute Gasteiger partial charge is 0.234 e. The highest BCUT2D eigenvalue weighted by molar-refractivity contribution is 9.10. The largest absolute Gasteiger partial charge is 0.355 e. The summed E-state index contributed by atoms with van der Waals surface area (Å²) in [6.45, 7) is 2.68. The predicted molar refractivity (Wildman–Crippen MR) is 109 cm³/mol. The number of nitrogens with one attached hydrogen (secondary N) is 2. The van der Waals surface area contributed by atoms with Gasteiger partial charge in [0.2, 0.25) is 11.8 Å².